The van der Waals surface area contributed by atoms with E-state index in [1.54, 1.807) is 0 Å². The quantitative estimate of drug-likeness (QED) is 0.399. The summed E-state index contributed by atoms with van der Waals surface area (Å²) in [5, 5.41) is 0. The van der Waals surface area contributed by atoms with Crippen molar-refractivity contribution in [3.05, 3.63) is 61.8 Å². The molecule has 0 heteroatoms. The fourth-order valence-corrected chi connectivity index (χ4v) is 0.658. The van der Waals surface area contributed by atoms with Crippen LogP contribution in [0.1, 0.15) is 41.5 Å². The van der Waals surface area contributed by atoms with Gasteiger partial charge in [0.15, 0.2) is 0 Å². The third-order valence-electron chi connectivity index (χ3n) is 1.33. The number of allylic oxidation sites excluding steroid dienone is 6. The first kappa shape index (κ1) is 24.1. The molecule has 0 N–H and O–H groups in total. The average Bonchev–Trinajstić information content (AvgIpc) is 2.42. The summed E-state index contributed by atoms with van der Waals surface area (Å²) in [7, 11) is 0. The summed E-state index contributed by atoms with van der Waals surface area (Å²) < 4.78 is 0. The van der Waals surface area contributed by atoms with Gasteiger partial charge in [-0.25, -0.2) is 0 Å². The Morgan fingerprint density at radius 2 is 1.25 bits per heavy atom. The van der Waals surface area contributed by atoms with Crippen molar-refractivity contribution in [2.24, 2.45) is 0 Å². The van der Waals surface area contributed by atoms with Crippen molar-refractivity contribution in [2.75, 3.05) is 0 Å². The van der Waals surface area contributed by atoms with Crippen LogP contribution in [0.5, 0.6) is 0 Å². The summed E-state index contributed by atoms with van der Waals surface area (Å²) >= 11 is 0. The Morgan fingerprint density at radius 1 is 0.875 bits per heavy atom. The van der Waals surface area contributed by atoms with Gasteiger partial charge in [0, 0.05) is 0 Å². The maximum Gasteiger partial charge on any atom is -0.0237 e. The number of rotatable bonds is 3. The highest BCUT2D eigenvalue weighted by atomic mass is 13.9. The van der Waals surface area contributed by atoms with Crippen molar-refractivity contribution in [1.29, 1.82) is 0 Å². The molecule has 0 saturated carbocycles. The topological polar surface area (TPSA) is 0 Å². The van der Waals surface area contributed by atoms with Crippen LogP contribution < -0.4 is 0 Å². The van der Waals surface area contributed by atoms with Gasteiger partial charge < -0.3 is 0 Å². The van der Waals surface area contributed by atoms with E-state index in [0.717, 1.165) is 11.1 Å². The molecule has 0 heterocycles. The summed E-state index contributed by atoms with van der Waals surface area (Å²) in [6, 6.07) is 0. The van der Waals surface area contributed by atoms with Crippen LogP contribution in [0.15, 0.2) is 61.8 Å². The lowest BCUT2D eigenvalue weighted by molar-refractivity contribution is 1.45. The predicted molar refractivity (Wildman–Crippen MR) is 81.9 cm³/mol. The normalized spacial score (nSPS) is 9.12. The molecule has 0 fully saturated rings. The number of hydrogen-bond donors (Lipinski definition) is 0. The monoisotopic (exact) mass is 222 g/mol. The van der Waals surface area contributed by atoms with Crippen LogP contribution in [-0.4, -0.2) is 0 Å². The first-order valence-electron chi connectivity index (χ1n) is 5.84. The molecule has 0 saturated heterocycles. The molecule has 0 atom stereocenters. The molecule has 16 heavy (non-hydrogen) atoms. The molecule has 0 spiro atoms. The van der Waals surface area contributed by atoms with Gasteiger partial charge in [-0.1, -0.05) is 65.2 Å². The van der Waals surface area contributed by atoms with Gasteiger partial charge in [-0.2, -0.15) is 0 Å². The summed E-state index contributed by atoms with van der Waals surface area (Å²) in [6.45, 7) is 25.4. The summed E-state index contributed by atoms with van der Waals surface area (Å²) in [4.78, 5) is 0. The van der Waals surface area contributed by atoms with Crippen LogP contribution in [0.25, 0.3) is 0 Å². The fraction of sp³-hybridized carbons (Fsp3) is 0.375. The van der Waals surface area contributed by atoms with E-state index >= 15 is 0 Å². The lowest BCUT2D eigenvalue weighted by atomic mass is 10.1. The number of hydrogen-bond acceptors (Lipinski definition) is 0. The predicted octanol–water partition coefficient (Wildman–Crippen LogP) is 6.11. The second-order valence-corrected chi connectivity index (χ2v) is 2.05. The molecule has 0 rings (SSSR count). The maximum absolute atomic E-state index is 3.69. The van der Waals surface area contributed by atoms with E-state index in [0.29, 0.717) is 0 Å². The van der Waals surface area contributed by atoms with Crippen molar-refractivity contribution in [3.8, 4) is 0 Å². The second-order valence-electron chi connectivity index (χ2n) is 2.05. The van der Waals surface area contributed by atoms with Gasteiger partial charge in [-0.05, 0) is 25.0 Å². The minimum atomic E-state index is 1.14. The fourth-order valence-electron chi connectivity index (χ4n) is 0.658. The van der Waals surface area contributed by atoms with Crippen molar-refractivity contribution in [2.45, 2.75) is 41.5 Å². The molecule has 0 bridgehead atoms. The van der Waals surface area contributed by atoms with Crippen LogP contribution >= 0.6 is 0 Å². The molecule has 0 unspecified atom stereocenters. The Labute approximate surface area is 104 Å². The third kappa shape index (κ3) is 18.5. The highest BCUT2D eigenvalue weighted by molar-refractivity contribution is 5.37. The average molecular weight is 222 g/mol. The van der Waals surface area contributed by atoms with E-state index in [1.165, 1.54) is 0 Å². The lowest BCUT2D eigenvalue weighted by Gasteiger charge is -1.95. The Hall–Kier alpha value is -1.30. The highest BCUT2D eigenvalue weighted by Crippen LogP contribution is 2.06. The summed E-state index contributed by atoms with van der Waals surface area (Å²) in [5.74, 6) is 0. The van der Waals surface area contributed by atoms with E-state index in [4.69, 9.17) is 0 Å². The summed E-state index contributed by atoms with van der Waals surface area (Å²) in [5.41, 5.74) is 2.30. The standard InChI is InChI=1S/C10H14.2C2H6.C2H4/c1-5-8-10(7-3)9(4)6-2;3*1-2/h5-8H,2-3H2,1,4H3;2*1-2H3;1-2H2/b8-5-,10-9-;;;. The van der Waals surface area contributed by atoms with Gasteiger partial charge in [-0.3, -0.25) is 0 Å². The third-order valence-corrected chi connectivity index (χ3v) is 1.33. The smallest absolute Gasteiger partial charge is 0.0237 e. The van der Waals surface area contributed by atoms with Crippen LogP contribution in [0, 0.1) is 0 Å². The molecular weight excluding hydrogens is 192 g/mol. The van der Waals surface area contributed by atoms with Gasteiger partial charge in [0.1, 0.15) is 0 Å². The molecule has 0 aliphatic heterocycles. The lowest BCUT2D eigenvalue weighted by Crippen LogP contribution is -1.75. The molecule has 0 aliphatic rings. The van der Waals surface area contributed by atoms with Crippen LogP contribution in [0.3, 0.4) is 0 Å². The second kappa shape index (κ2) is 29.2. The van der Waals surface area contributed by atoms with Gasteiger partial charge >= 0.3 is 0 Å². The molecular formula is C16H30. The SMILES string of the molecule is C=C.C=C/C(C)=C(C=C)\C=C/C.CC.CC. The van der Waals surface area contributed by atoms with E-state index in [1.807, 2.05) is 65.8 Å². The van der Waals surface area contributed by atoms with Crippen LogP contribution in [0.4, 0.5) is 0 Å². The molecule has 0 amide bonds. The Bertz CT molecular complexity index is 192. The molecule has 0 aromatic carbocycles. The van der Waals surface area contributed by atoms with E-state index < -0.39 is 0 Å². The molecule has 0 nitrogen and oxygen atoms in total. The van der Waals surface area contributed by atoms with Gasteiger partial charge in [0.2, 0.25) is 0 Å². The minimum Gasteiger partial charge on any atom is -0.106 e. The van der Waals surface area contributed by atoms with Gasteiger partial charge in [0.25, 0.3) is 0 Å². The van der Waals surface area contributed by atoms with Crippen LogP contribution in [-0.2, 0) is 0 Å². The van der Waals surface area contributed by atoms with Crippen molar-refractivity contribution in [1.82, 2.24) is 0 Å². The molecule has 0 radical (unpaired) electrons. The van der Waals surface area contributed by atoms with E-state index in [9.17, 15) is 0 Å². The van der Waals surface area contributed by atoms with E-state index in [-0.39, 0.29) is 0 Å². The van der Waals surface area contributed by atoms with Crippen molar-refractivity contribution >= 4 is 0 Å². The Balaban J connectivity index is -0.000000103. The van der Waals surface area contributed by atoms with Crippen molar-refractivity contribution < 1.29 is 0 Å². The van der Waals surface area contributed by atoms with Gasteiger partial charge in [-0.15, -0.1) is 13.2 Å². The molecule has 94 valence electrons. The first-order chi connectivity index (χ1) is 7.76. The van der Waals surface area contributed by atoms with Crippen molar-refractivity contribution in [3.63, 3.8) is 0 Å². The summed E-state index contributed by atoms with van der Waals surface area (Å²) in [6.07, 6.45) is 7.67. The molecule has 0 aliphatic carbocycles. The maximum atomic E-state index is 3.69. The largest absolute Gasteiger partial charge is 0.106 e. The zero-order chi connectivity index (χ0) is 14.0. The highest BCUT2D eigenvalue weighted by Gasteiger charge is 1.86. The zero-order valence-corrected chi connectivity index (χ0v) is 12.1. The first-order valence-corrected chi connectivity index (χ1v) is 5.84. The molecule has 0 aromatic rings. The zero-order valence-electron chi connectivity index (χ0n) is 12.1. The van der Waals surface area contributed by atoms with E-state index in [2.05, 4.69) is 26.3 Å². The Kier molecular flexibility index (Phi) is 44.0. The molecule has 0 aromatic heterocycles. The minimum absolute atomic E-state index is 1.14. The Morgan fingerprint density at radius 3 is 1.44 bits per heavy atom. The van der Waals surface area contributed by atoms with Crippen LogP contribution in [0.2, 0.25) is 0 Å². The van der Waals surface area contributed by atoms with Gasteiger partial charge in [0.05, 0.1) is 0 Å².